The van der Waals surface area contributed by atoms with Crippen molar-refractivity contribution in [2.45, 2.75) is 19.9 Å². The Morgan fingerprint density at radius 2 is 1.71 bits per heavy atom. The van der Waals surface area contributed by atoms with Gasteiger partial charge in [0.15, 0.2) is 0 Å². The number of hydrogen-bond donors (Lipinski definition) is 0. The number of halogens is 1. The fourth-order valence-electron chi connectivity index (χ4n) is 3.93. The molecule has 1 fully saturated rings. The third-order valence-corrected chi connectivity index (χ3v) is 6.14. The number of carbonyl (C=O) groups excluding carboxylic acids is 1. The molecule has 0 unspecified atom stereocenters. The fourth-order valence-corrected chi connectivity index (χ4v) is 4.06. The van der Waals surface area contributed by atoms with Crippen molar-refractivity contribution in [2.24, 2.45) is 0 Å². The predicted octanol–water partition coefficient (Wildman–Crippen LogP) is 4.24. The number of piperazine rings is 1. The largest absolute Gasteiger partial charge is 0.441 e. The van der Waals surface area contributed by atoms with Crippen molar-refractivity contribution in [3.05, 3.63) is 77.0 Å². The molecular formula is C25H24ClN5O3. The lowest BCUT2D eigenvalue weighted by atomic mass is 10.2. The Kier molecular flexibility index (Phi) is 6.42. The first kappa shape index (κ1) is 22.3. The van der Waals surface area contributed by atoms with Gasteiger partial charge in [-0.2, -0.15) is 4.98 Å². The summed E-state index contributed by atoms with van der Waals surface area (Å²) in [6.07, 6.45) is 0.232. The van der Waals surface area contributed by atoms with Crippen LogP contribution in [0.1, 0.15) is 17.3 Å². The second-order valence-corrected chi connectivity index (χ2v) is 8.68. The van der Waals surface area contributed by atoms with E-state index in [1.165, 1.54) is 0 Å². The van der Waals surface area contributed by atoms with Gasteiger partial charge in [0.2, 0.25) is 23.5 Å². The molecule has 0 radical (unpaired) electrons. The molecule has 4 aromatic rings. The first-order chi connectivity index (χ1) is 16.5. The molecule has 34 heavy (non-hydrogen) atoms. The molecule has 2 aromatic carbocycles. The Morgan fingerprint density at radius 1 is 0.971 bits per heavy atom. The van der Waals surface area contributed by atoms with Crippen LogP contribution >= 0.6 is 11.6 Å². The minimum absolute atomic E-state index is 0.0541. The van der Waals surface area contributed by atoms with Crippen LogP contribution in [0.5, 0.6) is 0 Å². The van der Waals surface area contributed by atoms with E-state index in [0.717, 1.165) is 24.2 Å². The predicted molar refractivity (Wildman–Crippen MR) is 127 cm³/mol. The zero-order chi connectivity index (χ0) is 23.5. The van der Waals surface area contributed by atoms with Crippen LogP contribution in [0.4, 0.5) is 0 Å². The van der Waals surface area contributed by atoms with Gasteiger partial charge in [-0.15, -0.1) is 0 Å². The van der Waals surface area contributed by atoms with Gasteiger partial charge in [-0.05, 0) is 43.3 Å². The van der Waals surface area contributed by atoms with Crippen LogP contribution in [0.2, 0.25) is 5.02 Å². The number of carbonyl (C=O) groups is 1. The summed E-state index contributed by atoms with van der Waals surface area (Å²) >= 11 is 5.94. The number of oxazole rings is 1. The van der Waals surface area contributed by atoms with Crippen LogP contribution in [-0.2, 0) is 17.8 Å². The summed E-state index contributed by atoms with van der Waals surface area (Å²) in [4.78, 5) is 26.0. The molecule has 5 rings (SSSR count). The quantitative estimate of drug-likeness (QED) is 0.410. The monoisotopic (exact) mass is 477 g/mol. The Hall–Kier alpha value is -3.49. The zero-order valence-corrected chi connectivity index (χ0v) is 19.5. The van der Waals surface area contributed by atoms with Crippen molar-refractivity contribution >= 4 is 17.5 Å². The van der Waals surface area contributed by atoms with Crippen molar-refractivity contribution < 1.29 is 13.7 Å². The first-order valence-corrected chi connectivity index (χ1v) is 11.5. The molecule has 1 aliphatic rings. The summed E-state index contributed by atoms with van der Waals surface area (Å²) < 4.78 is 11.2. The minimum Gasteiger partial charge on any atom is -0.441 e. The molecule has 9 heteroatoms. The first-order valence-electron chi connectivity index (χ1n) is 11.2. The summed E-state index contributed by atoms with van der Waals surface area (Å²) in [7, 11) is 0. The van der Waals surface area contributed by atoms with Crippen molar-refractivity contribution in [3.63, 3.8) is 0 Å². The zero-order valence-electron chi connectivity index (χ0n) is 18.8. The van der Waals surface area contributed by atoms with Crippen LogP contribution in [-0.4, -0.2) is 57.0 Å². The van der Waals surface area contributed by atoms with Gasteiger partial charge >= 0.3 is 0 Å². The molecule has 1 aliphatic heterocycles. The van der Waals surface area contributed by atoms with Crippen LogP contribution in [0.25, 0.3) is 22.8 Å². The van der Waals surface area contributed by atoms with Gasteiger partial charge in [0.1, 0.15) is 5.76 Å². The maximum Gasteiger partial charge on any atom is 0.241 e. The number of aryl methyl sites for hydroxylation is 1. The summed E-state index contributed by atoms with van der Waals surface area (Å²) in [5.41, 5.74) is 2.44. The number of benzene rings is 2. The van der Waals surface area contributed by atoms with Crippen LogP contribution in [0.3, 0.4) is 0 Å². The average molecular weight is 478 g/mol. The SMILES string of the molecule is Cc1oc(-c2ccccc2)nc1CC(=O)N1CCN(Cc2nc(-c3ccc(Cl)cc3)no2)CC1. The van der Waals surface area contributed by atoms with Crippen LogP contribution < -0.4 is 0 Å². The summed E-state index contributed by atoms with van der Waals surface area (Å²) in [6, 6.07) is 17.0. The number of aromatic nitrogens is 3. The number of rotatable bonds is 6. The third kappa shape index (κ3) is 5.03. The molecule has 8 nitrogen and oxygen atoms in total. The van der Waals surface area contributed by atoms with E-state index in [9.17, 15) is 4.79 Å². The Bertz CT molecular complexity index is 1260. The van der Waals surface area contributed by atoms with Gasteiger partial charge in [-0.25, -0.2) is 4.98 Å². The number of hydrogen-bond acceptors (Lipinski definition) is 7. The van der Waals surface area contributed by atoms with Crippen LogP contribution in [0.15, 0.2) is 63.5 Å². The average Bonchev–Trinajstić information content (AvgIpc) is 3.47. The maximum absolute atomic E-state index is 12.9. The van der Waals surface area contributed by atoms with E-state index in [-0.39, 0.29) is 12.3 Å². The summed E-state index contributed by atoms with van der Waals surface area (Å²) in [6.45, 7) is 5.14. The molecule has 1 amide bonds. The Labute approximate surface area is 202 Å². The van der Waals surface area contributed by atoms with Crippen molar-refractivity contribution in [1.29, 1.82) is 0 Å². The van der Waals surface area contributed by atoms with Gasteiger partial charge in [-0.3, -0.25) is 9.69 Å². The van der Waals surface area contributed by atoms with Crippen molar-refractivity contribution in [3.8, 4) is 22.8 Å². The topological polar surface area (TPSA) is 88.5 Å². The summed E-state index contributed by atoms with van der Waals surface area (Å²) in [5, 5.41) is 4.73. The molecule has 174 valence electrons. The minimum atomic E-state index is 0.0541. The molecule has 0 atom stereocenters. The fraction of sp³-hybridized carbons (Fsp3) is 0.280. The van der Waals surface area contributed by atoms with Gasteiger partial charge in [0, 0.05) is 42.3 Å². The highest BCUT2D eigenvalue weighted by Gasteiger charge is 2.24. The Morgan fingerprint density at radius 3 is 2.44 bits per heavy atom. The van der Waals surface area contributed by atoms with Gasteiger partial charge < -0.3 is 13.8 Å². The van der Waals surface area contributed by atoms with E-state index < -0.39 is 0 Å². The highest BCUT2D eigenvalue weighted by atomic mass is 35.5. The van der Waals surface area contributed by atoms with Crippen molar-refractivity contribution in [2.75, 3.05) is 26.2 Å². The van der Waals surface area contributed by atoms with Gasteiger partial charge in [0.25, 0.3) is 0 Å². The second kappa shape index (κ2) is 9.79. The van der Waals surface area contributed by atoms with E-state index in [4.69, 9.17) is 20.5 Å². The van der Waals surface area contributed by atoms with Gasteiger partial charge in [-0.1, -0.05) is 35.0 Å². The van der Waals surface area contributed by atoms with E-state index in [1.807, 2.05) is 54.3 Å². The molecular weight excluding hydrogens is 454 g/mol. The number of amides is 1. The molecule has 0 bridgehead atoms. The molecule has 0 aliphatic carbocycles. The Balaban J connectivity index is 1.14. The van der Waals surface area contributed by atoms with Crippen molar-refractivity contribution in [1.82, 2.24) is 24.9 Å². The highest BCUT2D eigenvalue weighted by Crippen LogP contribution is 2.23. The molecule has 0 saturated carbocycles. The number of nitrogens with zero attached hydrogens (tertiary/aromatic N) is 5. The maximum atomic E-state index is 12.9. The lowest BCUT2D eigenvalue weighted by Crippen LogP contribution is -2.48. The molecule has 3 heterocycles. The lowest BCUT2D eigenvalue weighted by molar-refractivity contribution is -0.132. The molecule has 2 aromatic heterocycles. The highest BCUT2D eigenvalue weighted by molar-refractivity contribution is 6.30. The molecule has 0 N–H and O–H groups in total. The van der Waals surface area contributed by atoms with E-state index >= 15 is 0 Å². The molecule has 0 spiro atoms. The molecule has 1 saturated heterocycles. The van der Waals surface area contributed by atoms with Gasteiger partial charge in [0.05, 0.1) is 18.7 Å². The van der Waals surface area contributed by atoms with E-state index in [0.29, 0.717) is 53.7 Å². The third-order valence-electron chi connectivity index (χ3n) is 5.89. The second-order valence-electron chi connectivity index (χ2n) is 8.24. The van der Waals surface area contributed by atoms with E-state index in [2.05, 4.69) is 20.0 Å². The van der Waals surface area contributed by atoms with Crippen LogP contribution in [0, 0.1) is 6.92 Å². The lowest BCUT2D eigenvalue weighted by Gasteiger charge is -2.33. The summed E-state index contributed by atoms with van der Waals surface area (Å²) in [5.74, 6) is 2.37. The van der Waals surface area contributed by atoms with E-state index in [1.54, 1.807) is 12.1 Å². The smallest absolute Gasteiger partial charge is 0.241 e. The normalized spacial score (nSPS) is 14.5. The standard InChI is InChI=1S/C25H24ClN5O3/c1-17-21(27-25(33-17)19-5-3-2-4-6-19)15-23(32)31-13-11-30(12-14-31)16-22-28-24(29-34-22)18-7-9-20(26)10-8-18/h2-10H,11-16H2,1H3.